The predicted octanol–water partition coefficient (Wildman–Crippen LogP) is 2.71. The average Bonchev–Trinajstić information content (AvgIpc) is 3.03. The summed E-state index contributed by atoms with van der Waals surface area (Å²) in [4.78, 5) is 25.7. The first-order valence-corrected chi connectivity index (χ1v) is 7.19. The van der Waals surface area contributed by atoms with Crippen LogP contribution in [0.5, 0.6) is 0 Å². The van der Waals surface area contributed by atoms with E-state index in [-0.39, 0.29) is 11.7 Å². The maximum atomic E-state index is 12.3. The summed E-state index contributed by atoms with van der Waals surface area (Å²) < 4.78 is 4.99. The zero-order valence-electron chi connectivity index (χ0n) is 12.4. The number of likely N-dealkylation sites (N-methyl/N-ethyl adjacent to an activating group) is 1. The summed E-state index contributed by atoms with van der Waals surface area (Å²) in [6.07, 6.45) is 1.41. The number of furan rings is 1. The lowest BCUT2D eigenvalue weighted by Gasteiger charge is -2.22. The van der Waals surface area contributed by atoms with E-state index in [1.165, 1.54) is 11.2 Å². The number of nitrogens with one attached hydrogen (secondary N) is 1. The molecule has 0 spiro atoms. The van der Waals surface area contributed by atoms with Crippen molar-refractivity contribution in [1.29, 1.82) is 0 Å². The van der Waals surface area contributed by atoms with Crippen molar-refractivity contribution in [2.24, 2.45) is 0 Å². The van der Waals surface area contributed by atoms with E-state index < -0.39 is 11.9 Å². The second kappa shape index (κ2) is 7.13. The van der Waals surface area contributed by atoms with Crippen LogP contribution in [-0.2, 0) is 11.3 Å². The van der Waals surface area contributed by atoms with Crippen LogP contribution < -0.4 is 5.32 Å². The highest BCUT2D eigenvalue weighted by molar-refractivity contribution is 6.31. The summed E-state index contributed by atoms with van der Waals surface area (Å²) in [5.41, 5.74) is 0.851. The number of benzene rings is 1. The molecule has 116 valence electrons. The predicted molar refractivity (Wildman–Crippen MR) is 83.6 cm³/mol. The summed E-state index contributed by atoms with van der Waals surface area (Å²) in [5.74, 6) is -0.453. The maximum absolute atomic E-state index is 12.3. The van der Waals surface area contributed by atoms with Crippen LogP contribution in [0.25, 0.3) is 0 Å². The Kier molecular flexibility index (Phi) is 5.22. The fourth-order valence-electron chi connectivity index (χ4n) is 2.03. The third-order valence-electron chi connectivity index (χ3n) is 3.20. The molecule has 0 aliphatic rings. The summed E-state index contributed by atoms with van der Waals surface area (Å²) in [6.45, 7) is 2.01. The Balaban J connectivity index is 1.95. The molecule has 0 aliphatic heterocycles. The van der Waals surface area contributed by atoms with Gasteiger partial charge < -0.3 is 14.6 Å². The fourth-order valence-corrected chi connectivity index (χ4v) is 2.22. The van der Waals surface area contributed by atoms with Gasteiger partial charge in [-0.15, -0.1) is 0 Å². The van der Waals surface area contributed by atoms with Gasteiger partial charge in [0.05, 0.1) is 6.26 Å². The Bertz CT molecular complexity index is 655. The summed E-state index contributed by atoms with van der Waals surface area (Å²) in [5, 5.41) is 3.21. The molecule has 0 fully saturated rings. The van der Waals surface area contributed by atoms with Crippen LogP contribution in [0.4, 0.5) is 0 Å². The molecule has 0 saturated carbocycles. The van der Waals surface area contributed by atoms with Crippen LogP contribution in [0.3, 0.4) is 0 Å². The highest BCUT2D eigenvalue weighted by Crippen LogP contribution is 2.16. The molecule has 0 bridgehead atoms. The van der Waals surface area contributed by atoms with Gasteiger partial charge in [0, 0.05) is 18.6 Å². The highest BCUT2D eigenvalue weighted by atomic mass is 35.5. The number of halogens is 1. The minimum Gasteiger partial charge on any atom is -0.459 e. The molecule has 0 aliphatic carbocycles. The monoisotopic (exact) mass is 320 g/mol. The molecule has 2 amide bonds. The highest BCUT2D eigenvalue weighted by Gasteiger charge is 2.21. The number of rotatable bonds is 5. The third kappa shape index (κ3) is 3.89. The average molecular weight is 321 g/mol. The topological polar surface area (TPSA) is 62.6 Å². The van der Waals surface area contributed by atoms with Crippen LogP contribution in [0, 0.1) is 0 Å². The molecule has 2 aromatic rings. The van der Waals surface area contributed by atoms with Crippen molar-refractivity contribution in [3.8, 4) is 0 Å². The van der Waals surface area contributed by atoms with Gasteiger partial charge in [-0.3, -0.25) is 9.59 Å². The molecule has 0 saturated heterocycles. The minimum atomic E-state index is -0.662. The van der Waals surface area contributed by atoms with E-state index in [2.05, 4.69) is 5.32 Å². The van der Waals surface area contributed by atoms with Crippen molar-refractivity contribution >= 4 is 23.4 Å². The first-order valence-electron chi connectivity index (χ1n) is 6.82. The van der Waals surface area contributed by atoms with Gasteiger partial charge >= 0.3 is 0 Å². The number of hydrogen-bond acceptors (Lipinski definition) is 3. The van der Waals surface area contributed by atoms with Gasteiger partial charge in [-0.25, -0.2) is 0 Å². The van der Waals surface area contributed by atoms with Crippen molar-refractivity contribution in [3.63, 3.8) is 0 Å². The Hall–Kier alpha value is -2.27. The lowest BCUT2D eigenvalue weighted by atomic mass is 10.2. The lowest BCUT2D eigenvalue weighted by Crippen LogP contribution is -2.45. The summed E-state index contributed by atoms with van der Waals surface area (Å²) in [7, 11) is 1.67. The van der Waals surface area contributed by atoms with Crippen LogP contribution in [0.15, 0.2) is 47.1 Å². The quantitative estimate of drug-likeness (QED) is 0.921. The molecular weight excluding hydrogens is 304 g/mol. The molecule has 1 atom stereocenters. The molecule has 1 aromatic heterocycles. The van der Waals surface area contributed by atoms with Crippen LogP contribution in [0.2, 0.25) is 5.02 Å². The van der Waals surface area contributed by atoms with E-state index in [0.29, 0.717) is 11.6 Å². The van der Waals surface area contributed by atoms with Crippen molar-refractivity contribution in [2.45, 2.75) is 19.5 Å². The molecular formula is C16H17ClN2O3. The third-order valence-corrected chi connectivity index (χ3v) is 3.57. The van der Waals surface area contributed by atoms with Gasteiger partial charge in [0.25, 0.3) is 5.91 Å². The van der Waals surface area contributed by atoms with Gasteiger partial charge in [0.1, 0.15) is 6.04 Å². The van der Waals surface area contributed by atoms with Gasteiger partial charge in [0.2, 0.25) is 5.91 Å². The Morgan fingerprint density at radius 2 is 2.00 bits per heavy atom. The minimum absolute atomic E-state index is 0.174. The molecule has 0 radical (unpaired) electrons. The molecule has 1 aromatic carbocycles. The van der Waals surface area contributed by atoms with Gasteiger partial charge in [-0.05, 0) is 30.7 Å². The summed E-state index contributed by atoms with van der Waals surface area (Å²) in [6, 6.07) is 9.83. The molecule has 22 heavy (non-hydrogen) atoms. The zero-order valence-corrected chi connectivity index (χ0v) is 13.1. The number of nitrogens with zero attached hydrogens (tertiary/aromatic N) is 1. The Morgan fingerprint density at radius 3 is 2.64 bits per heavy atom. The standard InChI is InChI=1S/C16H17ClN2O3/c1-11(18-15(20)14-8-5-9-22-14)16(21)19(2)10-12-6-3-4-7-13(12)17/h3-9,11H,10H2,1-2H3,(H,18,20). The second-order valence-electron chi connectivity index (χ2n) is 4.96. The van der Waals surface area contributed by atoms with Gasteiger partial charge in [-0.2, -0.15) is 0 Å². The van der Waals surface area contributed by atoms with E-state index in [4.69, 9.17) is 16.0 Å². The molecule has 1 N–H and O–H groups in total. The summed E-state index contributed by atoms with van der Waals surface area (Å²) >= 11 is 6.08. The van der Waals surface area contributed by atoms with E-state index in [1.807, 2.05) is 18.2 Å². The van der Waals surface area contributed by atoms with E-state index in [9.17, 15) is 9.59 Å². The first-order chi connectivity index (χ1) is 10.5. The first kappa shape index (κ1) is 16.1. The van der Waals surface area contributed by atoms with Crippen molar-refractivity contribution in [1.82, 2.24) is 10.2 Å². The second-order valence-corrected chi connectivity index (χ2v) is 5.37. The van der Waals surface area contributed by atoms with Crippen LogP contribution >= 0.6 is 11.6 Å². The number of hydrogen-bond donors (Lipinski definition) is 1. The SMILES string of the molecule is CC(NC(=O)c1ccco1)C(=O)N(C)Cc1ccccc1Cl. The van der Waals surface area contributed by atoms with Crippen molar-refractivity contribution in [2.75, 3.05) is 7.05 Å². The molecule has 1 unspecified atom stereocenters. The Labute approximate surface area is 133 Å². The van der Waals surface area contributed by atoms with E-state index >= 15 is 0 Å². The van der Waals surface area contributed by atoms with Gasteiger partial charge in [-0.1, -0.05) is 29.8 Å². The zero-order chi connectivity index (χ0) is 16.1. The number of amides is 2. The number of carbonyl (C=O) groups is 2. The normalized spacial score (nSPS) is 11.8. The largest absolute Gasteiger partial charge is 0.459 e. The molecule has 2 rings (SSSR count). The van der Waals surface area contributed by atoms with Gasteiger partial charge in [0.15, 0.2) is 5.76 Å². The van der Waals surface area contributed by atoms with Crippen LogP contribution in [0.1, 0.15) is 23.0 Å². The smallest absolute Gasteiger partial charge is 0.287 e. The fraction of sp³-hybridized carbons (Fsp3) is 0.250. The van der Waals surface area contributed by atoms with Crippen LogP contribution in [-0.4, -0.2) is 29.8 Å². The van der Waals surface area contributed by atoms with E-state index in [0.717, 1.165) is 5.56 Å². The molecule has 1 heterocycles. The van der Waals surface area contributed by atoms with Crippen molar-refractivity contribution in [3.05, 3.63) is 59.0 Å². The maximum Gasteiger partial charge on any atom is 0.287 e. The molecule has 6 heteroatoms. The number of carbonyl (C=O) groups excluding carboxylic acids is 2. The van der Waals surface area contributed by atoms with E-state index in [1.54, 1.807) is 32.2 Å². The van der Waals surface area contributed by atoms with Crippen molar-refractivity contribution < 1.29 is 14.0 Å². The Morgan fingerprint density at radius 1 is 1.27 bits per heavy atom. The molecule has 5 nitrogen and oxygen atoms in total. The lowest BCUT2D eigenvalue weighted by molar-refractivity contribution is -0.132.